The van der Waals surface area contributed by atoms with Gasteiger partial charge in [0, 0.05) is 11.8 Å². The van der Waals surface area contributed by atoms with Gasteiger partial charge in [0.2, 0.25) is 11.8 Å². The molecule has 3 amide bonds. The number of nitro groups is 1. The Kier molecular flexibility index (Phi) is 8.22. The number of thiazole rings is 1. The number of carbonyl (C=O) groups excluding carboxylic acids is 3. The quantitative estimate of drug-likeness (QED) is 0.0736. The number of hydrogen-bond acceptors (Lipinski definition) is 9. The lowest BCUT2D eigenvalue weighted by Crippen LogP contribution is -2.30. The van der Waals surface area contributed by atoms with Crippen LogP contribution in [0.5, 0.6) is 0 Å². The Balaban J connectivity index is 1.22. The molecule has 2 fully saturated rings. The molecule has 0 unspecified atom stereocenters. The molecule has 0 bridgehead atoms. The highest BCUT2D eigenvalue weighted by atomic mass is 32.2. The van der Waals surface area contributed by atoms with E-state index in [0.717, 1.165) is 53.3 Å². The van der Waals surface area contributed by atoms with E-state index in [2.05, 4.69) is 10.3 Å². The number of anilines is 2. The van der Waals surface area contributed by atoms with E-state index in [1.54, 1.807) is 42.5 Å². The molecule has 45 heavy (non-hydrogen) atoms. The van der Waals surface area contributed by atoms with Gasteiger partial charge < -0.3 is 5.32 Å². The molecule has 226 valence electrons. The van der Waals surface area contributed by atoms with Gasteiger partial charge in [0.05, 0.1) is 37.6 Å². The maximum Gasteiger partial charge on any atom is 0.283 e. The fourth-order valence-electron chi connectivity index (χ4n) is 5.77. The number of imide groups is 1. The van der Waals surface area contributed by atoms with Crippen LogP contribution in [0.1, 0.15) is 42.4 Å². The molecular weight excluding hydrogens is 611 g/mol. The van der Waals surface area contributed by atoms with Crippen molar-refractivity contribution in [1.29, 1.82) is 5.26 Å². The fourth-order valence-corrected chi connectivity index (χ4v) is 7.91. The molecule has 2 atom stereocenters. The third-order valence-corrected chi connectivity index (χ3v) is 10.4. The molecule has 1 aliphatic heterocycles. The Labute approximate surface area is 266 Å². The summed E-state index contributed by atoms with van der Waals surface area (Å²) in [5, 5.41) is 24.4. The van der Waals surface area contributed by atoms with Crippen LogP contribution < -0.4 is 10.2 Å². The van der Waals surface area contributed by atoms with Crippen LogP contribution in [-0.4, -0.2) is 27.6 Å². The minimum absolute atomic E-state index is 0.143. The zero-order valence-corrected chi connectivity index (χ0v) is 26.0. The number of fused-ring (bicyclic) bond motifs is 2. The van der Waals surface area contributed by atoms with E-state index in [0.29, 0.717) is 31.7 Å². The van der Waals surface area contributed by atoms with Gasteiger partial charge in [-0.2, -0.15) is 5.26 Å². The predicted octanol–water partition coefficient (Wildman–Crippen LogP) is 7.20. The maximum atomic E-state index is 13.1. The summed E-state index contributed by atoms with van der Waals surface area (Å²) in [6, 6.07) is 17.0. The van der Waals surface area contributed by atoms with Crippen molar-refractivity contribution in [3.05, 3.63) is 87.0 Å². The van der Waals surface area contributed by atoms with Crippen LogP contribution in [0.4, 0.5) is 17.1 Å². The van der Waals surface area contributed by atoms with Crippen LogP contribution in [0.15, 0.2) is 69.4 Å². The van der Waals surface area contributed by atoms with Crippen LogP contribution in [0.2, 0.25) is 0 Å². The number of aryl methyl sites for hydroxylation is 2. The van der Waals surface area contributed by atoms with E-state index in [1.165, 1.54) is 28.4 Å². The number of nitrogens with zero attached hydrogens (tertiary/aromatic N) is 4. The van der Waals surface area contributed by atoms with Gasteiger partial charge in [-0.05, 0) is 85.9 Å². The zero-order chi connectivity index (χ0) is 31.8. The number of hydrogen-bond donors (Lipinski definition) is 1. The predicted molar refractivity (Wildman–Crippen MR) is 173 cm³/mol. The highest BCUT2D eigenvalue weighted by molar-refractivity contribution is 8.01. The number of nitro benzene ring substituents is 1. The Hall–Kier alpha value is -4.86. The molecule has 2 aliphatic rings. The van der Waals surface area contributed by atoms with Crippen molar-refractivity contribution < 1.29 is 19.3 Å². The van der Waals surface area contributed by atoms with Gasteiger partial charge in [0.15, 0.2) is 4.34 Å². The second kappa shape index (κ2) is 12.3. The van der Waals surface area contributed by atoms with E-state index in [-0.39, 0.29) is 34.9 Å². The first-order chi connectivity index (χ1) is 21.6. The molecule has 2 heterocycles. The lowest BCUT2D eigenvalue weighted by molar-refractivity contribution is -0.387. The first-order valence-electron chi connectivity index (χ1n) is 14.4. The molecule has 6 rings (SSSR count). The molecule has 0 radical (unpaired) electrons. The SMILES string of the molecule is Cc1ccc(NC(=O)/C(C#N)=C/c2ccc(Sc3nc4ccc(N5C(=O)[C@@H]6CCCC[C@H]6C5=O)cc4s3)c([N+](=O)[O-])c2)cc1C. The Morgan fingerprint density at radius 3 is 2.47 bits per heavy atom. The summed E-state index contributed by atoms with van der Waals surface area (Å²) in [4.78, 5) is 56.7. The largest absolute Gasteiger partial charge is 0.321 e. The minimum Gasteiger partial charge on any atom is -0.321 e. The van der Waals surface area contributed by atoms with Crippen LogP contribution >= 0.6 is 23.1 Å². The van der Waals surface area contributed by atoms with Gasteiger partial charge in [0.25, 0.3) is 11.6 Å². The van der Waals surface area contributed by atoms with Crippen LogP contribution in [0.3, 0.4) is 0 Å². The van der Waals surface area contributed by atoms with Crippen LogP contribution in [-0.2, 0) is 14.4 Å². The highest BCUT2D eigenvalue weighted by Gasteiger charge is 2.48. The van der Waals surface area contributed by atoms with Gasteiger partial charge in [-0.15, -0.1) is 11.3 Å². The number of rotatable bonds is 7. The summed E-state index contributed by atoms with van der Waals surface area (Å²) in [6.07, 6.45) is 4.69. The van der Waals surface area contributed by atoms with E-state index in [1.807, 2.05) is 26.0 Å². The fraction of sp³-hybridized carbons (Fsp3) is 0.242. The minimum atomic E-state index is -0.619. The molecule has 0 spiro atoms. The standard InChI is InChI=1S/C33H27N5O5S2/c1-18-7-9-22(13-19(18)2)35-30(39)21(17-34)14-20-8-12-28(27(15-20)38(42)43)44-33-36-26-11-10-23(16-29(26)45-33)37-31(40)24-5-3-4-6-25(24)32(37)41/h7-16,24-25H,3-6H2,1-2H3,(H,35,39)/b21-14+/t24-,25-/m1/s1. The van der Waals surface area contributed by atoms with Crippen molar-refractivity contribution >= 4 is 74.2 Å². The van der Waals surface area contributed by atoms with Crippen molar-refractivity contribution in [3.8, 4) is 6.07 Å². The van der Waals surface area contributed by atoms with Crippen molar-refractivity contribution in [2.45, 2.75) is 48.8 Å². The van der Waals surface area contributed by atoms with Gasteiger partial charge in [0.1, 0.15) is 11.6 Å². The summed E-state index contributed by atoms with van der Waals surface area (Å²) in [6.45, 7) is 3.87. The van der Waals surface area contributed by atoms with Crippen molar-refractivity contribution in [2.75, 3.05) is 10.2 Å². The normalized spacial score (nSPS) is 18.2. The van der Waals surface area contributed by atoms with E-state index < -0.39 is 10.8 Å². The molecule has 12 heteroatoms. The summed E-state index contributed by atoms with van der Waals surface area (Å²) >= 11 is 2.43. The Bertz CT molecular complexity index is 1950. The third-order valence-electron chi connectivity index (χ3n) is 8.27. The lowest BCUT2D eigenvalue weighted by atomic mass is 9.81. The van der Waals surface area contributed by atoms with Gasteiger partial charge >= 0.3 is 0 Å². The lowest BCUT2D eigenvalue weighted by Gasteiger charge is -2.19. The molecule has 1 saturated heterocycles. The number of aromatic nitrogens is 1. The summed E-state index contributed by atoms with van der Waals surface area (Å²) in [5.74, 6) is -1.40. The molecule has 1 N–H and O–H groups in total. The highest BCUT2D eigenvalue weighted by Crippen LogP contribution is 2.43. The Morgan fingerprint density at radius 2 is 1.80 bits per heavy atom. The molecule has 1 aliphatic carbocycles. The Morgan fingerprint density at radius 1 is 1.07 bits per heavy atom. The second-order valence-corrected chi connectivity index (χ2v) is 13.5. The number of carbonyl (C=O) groups is 3. The first-order valence-corrected chi connectivity index (χ1v) is 16.0. The smallest absolute Gasteiger partial charge is 0.283 e. The third kappa shape index (κ3) is 5.96. The maximum absolute atomic E-state index is 13.1. The van der Waals surface area contributed by atoms with Gasteiger partial charge in [-0.25, -0.2) is 4.98 Å². The average Bonchev–Trinajstić information content (AvgIpc) is 3.54. The zero-order valence-electron chi connectivity index (χ0n) is 24.4. The van der Waals surface area contributed by atoms with Crippen molar-refractivity contribution in [3.63, 3.8) is 0 Å². The number of benzene rings is 3. The average molecular weight is 638 g/mol. The molecule has 4 aromatic rings. The number of nitrogens with one attached hydrogen (secondary N) is 1. The second-order valence-electron chi connectivity index (χ2n) is 11.2. The summed E-state index contributed by atoms with van der Waals surface area (Å²) in [5.41, 5.74) is 3.70. The van der Waals surface area contributed by atoms with E-state index in [9.17, 15) is 29.8 Å². The molecular formula is C33H27N5O5S2. The molecule has 1 saturated carbocycles. The molecule has 1 aromatic heterocycles. The van der Waals surface area contributed by atoms with E-state index >= 15 is 0 Å². The number of amides is 3. The topological polar surface area (TPSA) is 146 Å². The van der Waals surface area contributed by atoms with Crippen LogP contribution in [0.25, 0.3) is 16.3 Å². The number of nitriles is 1. The van der Waals surface area contributed by atoms with Gasteiger partial charge in [-0.1, -0.05) is 36.7 Å². The van der Waals surface area contributed by atoms with Gasteiger partial charge in [-0.3, -0.25) is 29.4 Å². The van der Waals surface area contributed by atoms with E-state index in [4.69, 9.17) is 0 Å². The molecule has 3 aromatic carbocycles. The van der Waals surface area contributed by atoms with Crippen molar-refractivity contribution in [2.24, 2.45) is 11.8 Å². The monoisotopic (exact) mass is 637 g/mol. The van der Waals surface area contributed by atoms with Crippen LogP contribution in [0, 0.1) is 47.1 Å². The molecule has 10 nitrogen and oxygen atoms in total. The summed E-state index contributed by atoms with van der Waals surface area (Å²) < 4.78 is 1.30. The van der Waals surface area contributed by atoms with Crippen molar-refractivity contribution in [1.82, 2.24) is 4.98 Å². The summed E-state index contributed by atoms with van der Waals surface area (Å²) in [7, 11) is 0. The first kappa shape index (κ1) is 30.2.